The summed E-state index contributed by atoms with van der Waals surface area (Å²) >= 11 is 0. The predicted octanol–water partition coefficient (Wildman–Crippen LogP) is 2.51. The molecule has 0 unspecified atom stereocenters. The van der Waals surface area contributed by atoms with Crippen molar-refractivity contribution in [3.63, 3.8) is 0 Å². The molecule has 3 rings (SSSR count). The zero-order valence-corrected chi connectivity index (χ0v) is 15.8. The minimum Gasteiger partial charge on any atom is -0.493 e. The summed E-state index contributed by atoms with van der Waals surface area (Å²) in [7, 11) is 3.13. The molecule has 1 fully saturated rings. The van der Waals surface area contributed by atoms with E-state index < -0.39 is 0 Å². The van der Waals surface area contributed by atoms with Crippen molar-refractivity contribution in [3.05, 3.63) is 59.7 Å². The Morgan fingerprint density at radius 3 is 2.67 bits per heavy atom. The lowest BCUT2D eigenvalue weighted by atomic mass is 10.1. The van der Waals surface area contributed by atoms with Crippen LogP contribution in [0.25, 0.3) is 0 Å². The number of carbonyl (C=O) groups is 1. The van der Waals surface area contributed by atoms with Crippen LogP contribution in [-0.2, 0) is 4.74 Å². The van der Waals surface area contributed by atoms with Gasteiger partial charge in [0.05, 0.1) is 26.9 Å². The molecule has 1 N–H and O–H groups in total. The first-order valence-corrected chi connectivity index (χ1v) is 9.10. The molecule has 2 aromatic carbocycles. The minimum absolute atomic E-state index is 0.0847. The van der Waals surface area contributed by atoms with Crippen LogP contribution in [0.5, 0.6) is 11.5 Å². The number of nitrogens with zero attached hydrogens (tertiary/aromatic N) is 1. The molecule has 0 saturated carbocycles. The van der Waals surface area contributed by atoms with Gasteiger partial charge in [-0.05, 0) is 23.8 Å². The summed E-state index contributed by atoms with van der Waals surface area (Å²) in [6.07, 6.45) is 0.0847. The van der Waals surface area contributed by atoms with Gasteiger partial charge in [0.1, 0.15) is 0 Å². The van der Waals surface area contributed by atoms with Crippen molar-refractivity contribution in [2.24, 2.45) is 0 Å². The van der Waals surface area contributed by atoms with Gasteiger partial charge in [0, 0.05) is 31.7 Å². The first-order chi connectivity index (χ1) is 13.2. The lowest BCUT2D eigenvalue weighted by Crippen LogP contribution is -2.42. The number of hydrogen-bond acceptors (Lipinski definition) is 5. The van der Waals surface area contributed by atoms with Crippen LogP contribution in [-0.4, -0.2) is 57.8 Å². The van der Waals surface area contributed by atoms with Gasteiger partial charge in [-0.2, -0.15) is 0 Å². The van der Waals surface area contributed by atoms with Crippen LogP contribution in [0.2, 0.25) is 0 Å². The fourth-order valence-corrected chi connectivity index (χ4v) is 3.18. The summed E-state index contributed by atoms with van der Waals surface area (Å²) in [5.74, 6) is 1.03. The Morgan fingerprint density at radius 2 is 1.93 bits per heavy atom. The number of ether oxygens (including phenoxy) is 3. The first-order valence-electron chi connectivity index (χ1n) is 9.10. The lowest BCUT2D eigenvalue weighted by Gasteiger charge is -2.33. The number of carbonyl (C=O) groups excluding carboxylic acids is 1. The van der Waals surface area contributed by atoms with E-state index in [0.717, 1.165) is 19.6 Å². The Balaban J connectivity index is 1.50. The van der Waals surface area contributed by atoms with Gasteiger partial charge < -0.3 is 19.5 Å². The van der Waals surface area contributed by atoms with Gasteiger partial charge in [-0.25, -0.2) is 0 Å². The predicted molar refractivity (Wildman–Crippen MR) is 103 cm³/mol. The van der Waals surface area contributed by atoms with Crippen LogP contribution >= 0.6 is 0 Å². The number of methoxy groups -OCH3 is 2. The Morgan fingerprint density at radius 1 is 1.15 bits per heavy atom. The van der Waals surface area contributed by atoms with E-state index in [0.29, 0.717) is 30.2 Å². The van der Waals surface area contributed by atoms with Crippen LogP contribution in [0.1, 0.15) is 22.0 Å². The van der Waals surface area contributed by atoms with Crippen molar-refractivity contribution in [2.75, 3.05) is 47.0 Å². The topological polar surface area (TPSA) is 60.0 Å². The third-order valence-corrected chi connectivity index (χ3v) is 4.68. The maximum Gasteiger partial charge on any atom is 0.251 e. The van der Waals surface area contributed by atoms with Crippen molar-refractivity contribution in [2.45, 2.75) is 6.10 Å². The van der Waals surface area contributed by atoms with Crippen LogP contribution < -0.4 is 14.8 Å². The third-order valence-electron chi connectivity index (χ3n) is 4.68. The molecule has 1 aliphatic rings. The zero-order chi connectivity index (χ0) is 19.1. The minimum atomic E-state index is -0.121. The van der Waals surface area contributed by atoms with E-state index in [4.69, 9.17) is 14.2 Å². The van der Waals surface area contributed by atoms with Gasteiger partial charge in [-0.15, -0.1) is 0 Å². The van der Waals surface area contributed by atoms with Gasteiger partial charge in [-0.1, -0.05) is 30.3 Å². The smallest absolute Gasteiger partial charge is 0.251 e. The normalized spacial score (nSPS) is 17.3. The highest BCUT2D eigenvalue weighted by Gasteiger charge is 2.21. The Bertz CT molecular complexity index is 751. The second-order valence-electron chi connectivity index (χ2n) is 6.40. The summed E-state index contributed by atoms with van der Waals surface area (Å²) in [5, 5.41) is 2.97. The summed E-state index contributed by atoms with van der Waals surface area (Å²) in [6.45, 7) is 3.76. The van der Waals surface area contributed by atoms with Crippen LogP contribution in [0.15, 0.2) is 48.5 Å². The Hall–Kier alpha value is -2.57. The molecule has 1 heterocycles. The van der Waals surface area contributed by atoms with E-state index in [1.807, 2.05) is 18.2 Å². The van der Waals surface area contributed by atoms with Crippen LogP contribution in [0.4, 0.5) is 0 Å². The third kappa shape index (κ3) is 4.99. The van der Waals surface area contributed by atoms with Gasteiger partial charge in [0.15, 0.2) is 11.5 Å². The van der Waals surface area contributed by atoms with Crippen LogP contribution in [0, 0.1) is 0 Å². The Kier molecular flexibility index (Phi) is 6.68. The summed E-state index contributed by atoms with van der Waals surface area (Å²) in [4.78, 5) is 14.7. The molecular formula is C21H26N2O4. The van der Waals surface area contributed by atoms with E-state index in [1.54, 1.807) is 32.4 Å². The number of rotatable bonds is 7. The van der Waals surface area contributed by atoms with Gasteiger partial charge in [0.2, 0.25) is 0 Å². The van der Waals surface area contributed by atoms with E-state index >= 15 is 0 Å². The number of hydrogen-bond donors (Lipinski definition) is 1. The molecule has 6 heteroatoms. The molecule has 0 aromatic heterocycles. The zero-order valence-electron chi connectivity index (χ0n) is 15.8. The number of morpholine rings is 1. The molecule has 27 heavy (non-hydrogen) atoms. The number of nitrogens with one attached hydrogen (secondary N) is 1. The standard InChI is InChI=1S/C21H26N2O4/c1-25-18-9-8-17(14-19(18)26-2)21(24)22-10-11-23-12-13-27-20(15-23)16-6-4-3-5-7-16/h3-9,14,20H,10-13,15H2,1-2H3,(H,22,24)/t20-/m0/s1. The molecule has 1 saturated heterocycles. The second-order valence-corrected chi connectivity index (χ2v) is 6.40. The molecule has 0 spiro atoms. The molecule has 1 amide bonds. The molecule has 0 bridgehead atoms. The average Bonchev–Trinajstić information content (AvgIpc) is 2.74. The SMILES string of the molecule is COc1ccc(C(=O)NCCN2CCO[C@H](c3ccccc3)C2)cc1OC. The van der Waals surface area contributed by atoms with E-state index in [9.17, 15) is 4.79 Å². The van der Waals surface area contributed by atoms with E-state index in [1.165, 1.54) is 5.56 Å². The lowest BCUT2D eigenvalue weighted by molar-refractivity contribution is -0.0293. The molecule has 144 valence electrons. The van der Waals surface area contributed by atoms with Crippen molar-refractivity contribution in [1.29, 1.82) is 0 Å². The highest BCUT2D eigenvalue weighted by Crippen LogP contribution is 2.27. The van der Waals surface area contributed by atoms with Gasteiger partial charge >= 0.3 is 0 Å². The van der Waals surface area contributed by atoms with Crippen molar-refractivity contribution < 1.29 is 19.0 Å². The number of amides is 1. The molecule has 0 aliphatic carbocycles. The monoisotopic (exact) mass is 370 g/mol. The van der Waals surface area contributed by atoms with Crippen LogP contribution in [0.3, 0.4) is 0 Å². The fraction of sp³-hybridized carbons (Fsp3) is 0.381. The first kappa shape index (κ1) is 19.2. The molecule has 1 atom stereocenters. The van der Waals surface area contributed by atoms with Crippen molar-refractivity contribution in [1.82, 2.24) is 10.2 Å². The van der Waals surface area contributed by atoms with Crippen molar-refractivity contribution >= 4 is 5.91 Å². The molecule has 2 aromatic rings. The Labute approximate surface area is 160 Å². The van der Waals surface area contributed by atoms with Gasteiger partial charge in [0.25, 0.3) is 5.91 Å². The summed E-state index contributed by atoms with van der Waals surface area (Å²) < 4.78 is 16.3. The number of benzene rings is 2. The molecule has 0 radical (unpaired) electrons. The van der Waals surface area contributed by atoms with E-state index in [-0.39, 0.29) is 12.0 Å². The van der Waals surface area contributed by atoms with E-state index in [2.05, 4.69) is 22.3 Å². The maximum atomic E-state index is 12.4. The second kappa shape index (κ2) is 9.39. The average molecular weight is 370 g/mol. The van der Waals surface area contributed by atoms with Gasteiger partial charge in [-0.3, -0.25) is 9.69 Å². The highest BCUT2D eigenvalue weighted by molar-refractivity contribution is 5.94. The molecular weight excluding hydrogens is 344 g/mol. The molecule has 1 aliphatic heterocycles. The highest BCUT2D eigenvalue weighted by atomic mass is 16.5. The van der Waals surface area contributed by atoms with Crippen molar-refractivity contribution in [3.8, 4) is 11.5 Å². The maximum absolute atomic E-state index is 12.4. The summed E-state index contributed by atoms with van der Waals surface area (Å²) in [5.41, 5.74) is 1.74. The fourth-order valence-electron chi connectivity index (χ4n) is 3.18. The summed E-state index contributed by atoms with van der Waals surface area (Å²) in [6, 6.07) is 15.4. The largest absolute Gasteiger partial charge is 0.493 e. The quantitative estimate of drug-likeness (QED) is 0.812. The molecule has 6 nitrogen and oxygen atoms in total.